The van der Waals surface area contributed by atoms with Gasteiger partial charge in [-0.25, -0.2) is 8.42 Å². The molecule has 8 nitrogen and oxygen atoms in total. The number of sulfone groups is 1. The molecule has 0 saturated carbocycles. The number of methoxy groups -OCH3 is 1. The third-order valence-electron chi connectivity index (χ3n) is 4.28. The molecule has 1 aliphatic rings. The fourth-order valence-electron chi connectivity index (χ4n) is 2.63. The summed E-state index contributed by atoms with van der Waals surface area (Å²) in [5.74, 6) is -0.406. The first-order valence-corrected chi connectivity index (χ1v) is 10.7. The highest BCUT2D eigenvalue weighted by molar-refractivity contribution is 7.91. The van der Waals surface area contributed by atoms with Gasteiger partial charge >= 0.3 is 0 Å². The van der Waals surface area contributed by atoms with Crippen molar-refractivity contribution < 1.29 is 27.5 Å². The first kappa shape index (κ1) is 21.0. The zero-order valence-corrected chi connectivity index (χ0v) is 16.6. The summed E-state index contributed by atoms with van der Waals surface area (Å²) in [7, 11) is -1.68. The van der Waals surface area contributed by atoms with Crippen molar-refractivity contribution >= 4 is 21.7 Å². The molecule has 1 heterocycles. The summed E-state index contributed by atoms with van der Waals surface area (Å²) in [6.07, 6.45) is 1.16. The molecule has 0 bridgehead atoms. The van der Waals surface area contributed by atoms with Crippen molar-refractivity contribution in [2.24, 2.45) is 11.8 Å². The van der Waals surface area contributed by atoms with Gasteiger partial charge in [-0.1, -0.05) is 13.8 Å². The normalized spacial score (nSPS) is 18.1. The Morgan fingerprint density at radius 3 is 2.56 bits per heavy atom. The van der Waals surface area contributed by atoms with Gasteiger partial charge in [-0.2, -0.15) is 0 Å². The van der Waals surface area contributed by atoms with E-state index in [1.165, 1.54) is 13.2 Å². The molecule has 1 saturated heterocycles. The second-order valence-corrected chi connectivity index (χ2v) is 9.17. The van der Waals surface area contributed by atoms with Crippen LogP contribution in [-0.4, -0.2) is 45.5 Å². The summed E-state index contributed by atoms with van der Waals surface area (Å²) in [5.41, 5.74) is 4.87. The van der Waals surface area contributed by atoms with Crippen molar-refractivity contribution in [2.45, 2.75) is 26.7 Å². The van der Waals surface area contributed by atoms with Crippen molar-refractivity contribution in [1.82, 2.24) is 10.9 Å². The molecule has 0 spiro atoms. The van der Waals surface area contributed by atoms with E-state index in [0.717, 1.165) is 6.42 Å². The van der Waals surface area contributed by atoms with Crippen molar-refractivity contribution in [2.75, 3.05) is 25.2 Å². The largest absolute Gasteiger partial charge is 0.493 e. The topological polar surface area (TPSA) is 111 Å². The molecule has 1 aromatic carbocycles. The number of rotatable bonds is 7. The lowest BCUT2D eigenvalue weighted by Crippen LogP contribution is -2.44. The number of amides is 2. The van der Waals surface area contributed by atoms with E-state index in [2.05, 4.69) is 24.7 Å². The number of hydrazine groups is 1. The Morgan fingerprint density at radius 2 is 1.96 bits per heavy atom. The molecule has 150 valence electrons. The number of carbonyl (C=O) groups is 2. The van der Waals surface area contributed by atoms with Crippen LogP contribution in [0.25, 0.3) is 0 Å². The number of carbonyl (C=O) groups excluding carboxylic acids is 2. The molecule has 1 aliphatic heterocycles. The van der Waals surface area contributed by atoms with Crippen molar-refractivity contribution in [3.05, 3.63) is 23.8 Å². The van der Waals surface area contributed by atoms with E-state index >= 15 is 0 Å². The standard InChI is InChI=1S/C18H26N2O6S/c1-12(2)6-8-26-15-5-4-13(10-16(15)25-3)17(21)19-20-18(22)14-7-9-27(23,24)11-14/h4-5,10,12,14H,6-9,11H2,1-3H3,(H,19,21)(H,20,22)/t14-/m1/s1. The van der Waals surface area contributed by atoms with Gasteiger partial charge in [0.25, 0.3) is 5.91 Å². The van der Waals surface area contributed by atoms with Gasteiger partial charge in [0.2, 0.25) is 5.91 Å². The van der Waals surface area contributed by atoms with Gasteiger partial charge < -0.3 is 9.47 Å². The van der Waals surface area contributed by atoms with E-state index in [0.29, 0.717) is 24.0 Å². The molecular formula is C18H26N2O6S. The highest BCUT2D eigenvalue weighted by Gasteiger charge is 2.33. The van der Waals surface area contributed by atoms with Gasteiger partial charge in [-0.05, 0) is 37.0 Å². The minimum absolute atomic E-state index is 0.00545. The molecule has 0 unspecified atom stereocenters. The van der Waals surface area contributed by atoms with Crippen LogP contribution in [0.3, 0.4) is 0 Å². The lowest BCUT2D eigenvalue weighted by Gasteiger charge is -2.14. The Hall–Kier alpha value is -2.29. The Kier molecular flexibility index (Phi) is 7.06. The van der Waals surface area contributed by atoms with Gasteiger partial charge in [0, 0.05) is 5.56 Å². The van der Waals surface area contributed by atoms with Crippen LogP contribution in [0.4, 0.5) is 0 Å². The highest BCUT2D eigenvalue weighted by atomic mass is 32.2. The summed E-state index contributed by atoms with van der Waals surface area (Å²) in [6.45, 7) is 4.74. The molecule has 0 aliphatic carbocycles. The maximum Gasteiger partial charge on any atom is 0.269 e. The van der Waals surface area contributed by atoms with E-state index in [1.807, 2.05) is 0 Å². The van der Waals surface area contributed by atoms with E-state index in [1.54, 1.807) is 12.1 Å². The van der Waals surface area contributed by atoms with Gasteiger partial charge in [0.1, 0.15) is 0 Å². The van der Waals surface area contributed by atoms with Crippen LogP contribution in [0.2, 0.25) is 0 Å². The zero-order chi connectivity index (χ0) is 20.0. The fourth-order valence-corrected chi connectivity index (χ4v) is 4.37. The number of hydrogen-bond donors (Lipinski definition) is 2. The predicted molar refractivity (Wildman–Crippen MR) is 100 cm³/mol. The fraction of sp³-hybridized carbons (Fsp3) is 0.556. The average molecular weight is 398 g/mol. The molecular weight excluding hydrogens is 372 g/mol. The van der Waals surface area contributed by atoms with Crippen LogP contribution in [0, 0.1) is 11.8 Å². The zero-order valence-electron chi connectivity index (χ0n) is 15.8. The van der Waals surface area contributed by atoms with Gasteiger partial charge in [-0.15, -0.1) is 0 Å². The summed E-state index contributed by atoms with van der Waals surface area (Å²) < 4.78 is 33.8. The van der Waals surface area contributed by atoms with Crippen LogP contribution in [0.5, 0.6) is 11.5 Å². The predicted octanol–water partition coefficient (Wildman–Crippen LogP) is 1.32. The van der Waals surface area contributed by atoms with Crippen LogP contribution >= 0.6 is 0 Å². The Bertz CT molecular complexity index is 791. The molecule has 1 fully saturated rings. The number of benzene rings is 1. The first-order valence-electron chi connectivity index (χ1n) is 8.83. The smallest absolute Gasteiger partial charge is 0.269 e. The second kappa shape index (κ2) is 9.07. The minimum atomic E-state index is -3.16. The van der Waals surface area contributed by atoms with Crippen LogP contribution in [-0.2, 0) is 14.6 Å². The highest BCUT2D eigenvalue weighted by Crippen LogP contribution is 2.28. The summed E-state index contributed by atoms with van der Waals surface area (Å²) >= 11 is 0. The monoisotopic (exact) mass is 398 g/mol. The molecule has 0 radical (unpaired) electrons. The van der Waals surface area contributed by atoms with Crippen molar-refractivity contribution in [3.63, 3.8) is 0 Å². The third kappa shape index (κ3) is 6.13. The number of hydrogen-bond acceptors (Lipinski definition) is 6. The van der Waals surface area contributed by atoms with E-state index in [9.17, 15) is 18.0 Å². The average Bonchev–Trinajstić information content (AvgIpc) is 2.99. The Balaban J connectivity index is 1.93. The molecule has 27 heavy (non-hydrogen) atoms. The van der Waals surface area contributed by atoms with Crippen LogP contribution in [0.1, 0.15) is 37.0 Å². The lowest BCUT2D eigenvalue weighted by atomic mass is 10.1. The SMILES string of the molecule is COc1cc(C(=O)NNC(=O)[C@@H]2CCS(=O)(=O)C2)ccc1OCCC(C)C. The number of ether oxygens (including phenoxy) is 2. The summed E-state index contributed by atoms with van der Waals surface area (Å²) in [6, 6.07) is 4.72. The van der Waals surface area contributed by atoms with Crippen molar-refractivity contribution in [3.8, 4) is 11.5 Å². The summed E-state index contributed by atoms with van der Waals surface area (Å²) in [5, 5.41) is 0. The Labute approximate surface area is 159 Å². The van der Waals surface area contributed by atoms with E-state index in [4.69, 9.17) is 9.47 Å². The minimum Gasteiger partial charge on any atom is -0.493 e. The third-order valence-corrected chi connectivity index (χ3v) is 6.05. The quantitative estimate of drug-likeness (QED) is 0.670. The molecule has 1 aromatic rings. The van der Waals surface area contributed by atoms with Gasteiger partial charge in [-0.3, -0.25) is 20.4 Å². The lowest BCUT2D eigenvalue weighted by molar-refractivity contribution is -0.125. The van der Waals surface area contributed by atoms with E-state index in [-0.39, 0.29) is 23.5 Å². The second-order valence-electron chi connectivity index (χ2n) is 6.94. The first-order chi connectivity index (χ1) is 12.7. The Morgan fingerprint density at radius 1 is 1.22 bits per heavy atom. The molecule has 2 N–H and O–H groups in total. The molecule has 2 rings (SSSR count). The van der Waals surface area contributed by atoms with Crippen LogP contribution in [0.15, 0.2) is 18.2 Å². The van der Waals surface area contributed by atoms with Gasteiger partial charge in [0.15, 0.2) is 21.3 Å². The van der Waals surface area contributed by atoms with Crippen molar-refractivity contribution in [1.29, 1.82) is 0 Å². The van der Waals surface area contributed by atoms with Gasteiger partial charge in [0.05, 0.1) is 31.1 Å². The molecule has 9 heteroatoms. The summed E-state index contributed by atoms with van der Waals surface area (Å²) in [4.78, 5) is 24.2. The maximum atomic E-state index is 12.2. The van der Waals surface area contributed by atoms with E-state index < -0.39 is 27.6 Å². The molecule has 0 aromatic heterocycles. The van der Waals surface area contributed by atoms with Crippen LogP contribution < -0.4 is 20.3 Å². The molecule has 2 amide bonds. The molecule has 1 atom stereocenters. The number of nitrogens with one attached hydrogen (secondary N) is 2. The maximum absolute atomic E-state index is 12.2.